The van der Waals surface area contributed by atoms with Crippen molar-refractivity contribution in [1.82, 2.24) is 9.80 Å². The summed E-state index contributed by atoms with van der Waals surface area (Å²) in [5.74, 6) is 0.0153. The lowest BCUT2D eigenvalue weighted by atomic mass is 10.2. The summed E-state index contributed by atoms with van der Waals surface area (Å²) in [5, 5.41) is 0.706. The Hall–Kier alpha value is -2.33. The highest BCUT2D eigenvalue weighted by Crippen LogP contribution is 2.25. The van der Waals surface area contributed by atoms with E-state index < -0.39 is 10.1 Å². The SMILES string of the molecule is Nc1cc(S(=O)(=O)O)ccc1OCC(=O)N1CCN(Cc2ccc(Cl)cc2)CC1. The number of nitrogens with zero attached hydrogens (tertiary/aromatic N) is 2. The first-order chi connectivity index (χ1) is 13.7. The number of amides is 1. The van der Waals surface area contributed by atoms with Gasteiger partial charge in [-0.25, -0.2) is 0 Å². The van der Waals surface area contributed by atoms with Crippen LogP contribution in [0.2, 0.25) is 5.02 Å². The molecule has 29 heavy (non-hydrogen) atoms. The van der Waals surface area contributed by atoms with E-state index in [0.717, 1.165) is 25.7 Å². The second-order valence-electron chi connectivity index (χ2n) is 6.75. The van der Waals surface area contributed by atoms with E-state index >= 15 is 0 Å². The van der Waals surface area contributed by atoms with E-state index in [-0.39, 0.29) is 28.8 Å². The summed E-state index contributed by atoms with van der Waals surface area (Å²) in [5.41, 5.74) is 6.94. The number of piperazine rings is 1. The van der Waals surface area contributed by atoms with Gasteiger partial charge in [-0.2, -0.15) is 8.42 Å². The van der Waals surface area contributed by atoms with Gasteiger partial charge in [0.1, 0.15) is 5.75 Å². The van der Waals surface area contributed by atoms with Gasteiger partial charge in [0, 0.05) is 37.7 Å². The molecule has 1 amide bonds. The van der Waals surface area contributed by atoms with Crippen molar-refractivity contribution < 1.29 is 22.5 Å². The van der Waals surface area contributed by atoms with E-state index in [2.05, 4.69) is 4.90 Å². The van der Waals surface area contributed by atoms with Crippen LogP contribution in [0.25, 0.3) is 0 Å². The second-order valence-corrected chi connectivity index (χ2v) is 8.60. The first-order valence-electron chi connectivity index (χ1n) is 8.97. The van der Waals surface area contributed by atoms with Crippen LogP contribution < -0.4 is 10.5 Å². The molecular formula is C19H22ClN3O5S. The van der Waals surface area contributed by atoms with E-state index in [0.29, 0.717) is 18.1 Å². The van der Waals surface area contributed by atoms with E-state index in [1.807, 2.05) is 24.3 Å². The molecule has 1 aliphatic heterocycles. The maximum Gasteiger partial charge on any atom is 0.294 e. The van der Waals surface area contributed by atoms with Crippen molar-refractivity contribution >= 4 is 33.3 Å². The highest BCUT2D eigenvalue weighted by Gasteiger charge is 2.22. The zero-order valence-corrected chi connectivity index (χ0v) is 17.2. The standard InChI is InChI=1S/C19H22ClN3O5S/c20-15-3-1-14(2-4-15)12-22-7-9-23(10-8-22)19(24)13-28-18-6-5-16(11-17(18)21)29(25,26)27/h1-6,11H,7-10,12-13,21H2,(H,25,26,27). The minimum atomic E-state index is -4.34. The Morgan fingerprint density at radius 1 is 1.10 bits per heavy atom. The summed E-state index contributed by atoms with van der Waals surface area (Å²) in [6, 6.07) is 11.3. The van der Waals surface area contributed by atoms with Crippen molar-refractivity contribution in [3.63, 3.8) is 0 Å². The lowest BCUT2D eigenvalue weighted by Crippen LogP contribution is -2.49. The van der Waals surface area contributed by atoms with Crippen molar-refractivity contribution in [2.75, 3.05) is 38.5 Å². The third-order valence-electron chi connectivity index (χ3n) is 4.67. The Morgan fingerprint density at radius 3 is 2.34 bits per heavy atom. The molecule has 0 radical (unpaired) electrons. The average molecular weight is 440 g/mol. The zero-order valence-electron chi connectivity index (χ0n) is 15.6. The normalized spacial score (nSPS) is 15.3. The number of halogens is 1. The van der Waals surface area contributed by atoms with E-state index in [1.54, 1.807) is 4.90 Å². The number of ether oxygens (including phenoxy) is 1. The number of benzene rings is 2. The van der Waals surface area contributed by atoms with Gasteiger partial charge in [-0.15, -0.1) is 0 Å². The number of hydrogen-bond acceptors (Lipinski definition) is 6. The van der Waals surface area contributed by atoms with Crippen LogP contribution in [0.1, 0.15) is 5.56 Å². The lowest BCUT2D eigenvalue weighted by Gasteiger charge is -2.34. The molecule has 0 spiro atoms. The Bertz CT molecular complexity index is 974. The fraction of sp³-hybridized carbons (Fsp3) is 0.316. The first kappa shape index (κ1) is 21.4. The van der Waals surface area contributed by atoms with Gasteiger partial charge in [0.05, 0.1) is 10.6 Å². The Balaban J connectivity index is 1.48. The fourth-order valence-electron chi connectivity index (χ4n) is 3.05. The van der Waals surface area contributed by atoms with Gasteiger partial charge in [0.15, 0.2) is 6.61 Å². The second kappa shape index (κ2) is 9.00. The summed E-state index contributed by atoms with van der Waals surface area (Å²) in [4.78, 5) is 16.1. The van der Waals surface area contributed by atoms with Gasteiger partial charge in [0.2, 0.25) is 0 Å². The van der Waals surface area contributed by atoms with Gasteiger partial charge < -0.3 is 15.4 Å². The monoisotopic (exact) mass is 439 g/mol. The number of nitrogen functional groups attached to an aromatic ring is 1. The van der Waals surface area contributed by atoms with Crippen LogP contribution in [-0.4, -0.2) is 61.5 Å². The average Bonchev–Trinajstić information content (AvgIpc) is 2.68. The third-order valence-corrected chi connectivity index (χ3v) is 5.78. The first-order valence-corrected chi connectivity index (χ1v) is 10.8. The van der Waals surface area contributed by atoms with Gasteiger partial charge in [0.25, 0.3) is 16.0 Å². The molecule has 8 nitrogen and oxygen atoms in total. The molecule has 1 aliphatic rings. The van der Waals surface area contributed by atoms with E-state index in [4.69, 9.17) is 26.6 Å². The van der Waals surface area contributed by atoms with E-state index in [9.17, 15) is 13.2 Å². The number of carbonyl (C=O) groups is 1. The van der Waals surface area contributed by atoms with Crippen molar-refractivity contribution in [2.24, 2.45) is 0 Å². The van der Waals surface area contributed by atoms with Crippen LogP contribution in [0, 0.1) is 0 Å². The van der Waals surface area contributed by atoms with Crippen LogP contribution in [0.5, 0.6) is 5.75 Å². The van der Waals surface area contributed by atoms with Crippen LogP contribution >= 0.6 is 11.6 Å². The van der Waals surface area contributed by atoms with Crippen LogP contribution in [-0.2, 0) is 21.5 Å². The quantitative estimate of drug-likeness (QED) is 0.522. The van der Waals surface area contributed by atoms with Crippen LogP contribution in [0.15, 0.2) is 47.4 Å². The van der Waals surface area contributed by atoms with Crippen molar-refractivity contribution in [2.45, 2.75) is 11.4 Å². The molecule has 1 heterocycles. The summed E-state index contributed by atoms with van der Waals surface area (Å²) in [6.07, 6.45) is 0. The molecule has 1 saturated heterocycles. The van der Waals surface area contributed by atoms with Crippen molar-refractivity contribution in [3.05, 3.63) is 53.1 Å². The van der Waals surface area contributed by atoms with Crippen molar-refractivity contribution in [1.29, 1.82) is 0 Å². The topological polar surface area (TPSA) is 113 Å². The molecule has 0 aromatic heterocycles. The molecule has 10 heteroatoms. The largest absolute Gasteiger partial charge is 0.482 e. The third kappa shape index (κ3) is 5.83. The predicted octanol–water partition coefficient (Wildman–Crippen LogP) is 1.89. The van der Waals surface area contributed by atoms with Gasteiger partial charge in [-0.05, 0) is 35.9 Å². The molecule has 156 valence electrons. The molecule has 0 atom stereocenters. The molecule has 1 fully saturated rings. The number of anilines is 1. The number of carbonyl (C=O) groups excluding carboxylic acids is 1. The minimum absolute atomic E-state index is 0.0284. The van der Waals surface area contributed by atoms with Gasteiger partial charge >= 0.3 is 0 Å². The molecular weight excluding hydrogens is 418 g/mol. The number of rotatable bonds is 6. The highest BCUT2D eigenvalue weighted by molar-refractivity contribution is 7.85. The summed E-state index contributed by atoms with van der Waals surface area (Å²) < 4.78 is 36.7. The molecule has 0 unspecified atom stereocenters. The Kier molecular flexibility index (Phi) is 6.63. The lowest BCUT2D eigenvalue weighted by molar-refractivity contribution is -0.135. The smallest absolute Gasteiger partial charge is 0.294 e. The zero-order chi connectivity index (χ0) is 21.0. The molecule has 3 N–H and O–H groups in total. The molecule has 0 bridgehead atoms. The molecule has 2 aromatic carbocycles. The van der Waals surface area contributed by atoms with Crippen LogP contribution in [0.3, 0.4) is 0 Å². The molecule has 3 rings (SSSR count). The minimum Gasteiger partial charge on any atom is -0.482 e. The fourth-order valence-corrected chi connectivity index (χ4v) is 3.69. The van der Waals surface area contributed by atoms with Gasteiger partial charge in [-0.3, -0.25) is 14.2 Å². The number of hydrogen-bond donors (Lipinski definition) is 2. The maximum absolute atomic E-state index is 12.4. The maximum atomic E-state index is 12.4. The summed E-state index contributed by atoms with van der Waals surface area (Å²) >= 11 is 5.90. The van der Waals surface area contributed by atoms with Crippen molar-refractivity contribution in [3.8, 4) is 5.75 Å². The predicted molar refractivity (Wildman–Crippen MR) is 109 cm³/mol. The van der Waals surface area contributed by atoms with Gasteiger partial charge in [-0.1, -0.05) is 23.7 Å². The Labute approximate surface area is 174 Å². The summed E-state index contributed by atoms with van der Waals surface area (Å²) in [6.45, 7) is 3.28. The molecule has 0 aliphatic carbocycles. The van der Waals surface area contributed by atoms with E-state index in [1.165, 1.54) is 17.7 Å². The Morgan fingerprint density at radius 2 is 1.76 bits per heavy atom. The molecule has 2 aromatic rings. The summed E-state index contributed by atoms with van der Waals surface area (Å²) in [7, 11) is -4.34. The number of nitrogens with two attached hydrogens (primary N) is 1. The highest BCUT2D eigenvalue weighted by atomic mass is 35.5. The molecule has 0 saturated carbocycles. The van der Waals surface area contributed by atoms with Crippen LogP contribution in [0.4, 0.5) is 5.69 Å².